The fraction of sp³-hybridized carbons (Fsp3) is 0.0769. The number of nitrogens with zero attached hydrogens (tertiary/aromatic N) is 3. The summed E-state index contributed by atoms with van der Waals surface area (Å²) in [5, 5.41) is 0. The third-order valence-corrected chi connectivity index (χ3v) is 3.55. The van der Waals surface area contributed by atoms with E-state index in [1.807, 2.05) is 0 Å². The number of hydrogen-bond donors (Lipinski definition) is 1. The van der Waals surface area contributed by atoms with Crippen molar-refractivity contribution in [3.63, 3.8) is 0 Å². The Balaban J connectivity index is 2.18. The fourth-order valence-corrected chi connectivity index (χ4v) is 2.35. The van der Waals surface area contributed by atoms with Crippen LogP contribution < -0.4 is 5.73 Å². The summed E-state index contributed by atoms with van der Waals surface area (Å²) < 4.78 is 40.5. The van der Waals surface area contributed by atoms with Gasteiger partial charge in [0, 0.05) is 11.8 Å². The third-order valence-electron chi connectivity index (χ3n) is 2.96. The lowest BCUT2D eigenvalue weighted by molar-refractivity contribution is -0.137. The number of aromatic nitrogens is 3. The number of halogens is 4. The highest BCUT2D eigenvalue weighted by atomic mass is 79.9. The number of nitrogen functional groups attached to an aromatic ring is 1. The van der Waals surface area contributed by atoms with Crippen molar-refractivity contribution in [1.29, 1.82) is 0 Å². The SMILES string of the molecule is Nc1nc(-c2cccc(C(F)(F)F)c2)cn2c(Br)cnc12. The van der Waals surface area contributed by atoms with Gasteiger partial charge in [-0.3, -0.25) is 4.40 Å². The summed E-state index contributed by atoms with van der Waals surface area (Å²) in [4.78, 5) is 8.17. The molecule has 8 heteroatoms. The highest BCUT2D eigenvalue weighted by Crippen LogP contribution is 2.32. The van der Waals surface area contributed by atoms with Crippen LogP contribution in [0.2, 0.25) is 0 Å². The van der Waals surface area contributed by atoms with Crippen LogP contribution in [-0.2, 0) is 6.18 Å². The Morgan fingerprint density at radius 1 is 1.24 bits per heavy atom. The Bertz CT molecular complexity index is 826. The number of hydrogen-bond acceptors (Lipinski definition) is 3. The molecule has 0 radical (unpaired) electrons. The summed E-state index contributed by atoms with van der Waals surface area (Å²) in [6.45, 7) is 0. The van der Waals surface area contributed by atoms with Crippen molar-refractivity contribution in [3.8, 4) is 11.3 Å². The lowest BCUT2D eigenvalue weighted by atomic mass is 10.1. The van der Waals surface area contributed by atoms with Gasteiger partial charge in [-0.1, -0.05) is 12.1 Å². The molecule has 0 atom stereocenters. The highest BCUT2D eigenvalue weighted by Gasteiger charge is 2.30. The average molecular weight is 357 g/mol. The molecule has 0 fully saturated rings. The molecule has 0 aliphatic rings. The van der Waals surface area contributed by atoms with Gasteiger partial charge in [-0.2, -0.15) is 13.2 Å². The first kappa shape index (κ1) is 13.9. The highest BCUT2D eigenvalue weighted by molar-refractivity contribution is 9.10. The van der Waals surface area contributed by atoms with Crippen LogP contribution >= 0.6 is 15.9 Å². The Morgan fingerprint density at radius 2 is 2.00 bits per heavy atom. The van der Waals surface area contributed by atoms with Gasteiger partial charge in [0.05, 0.1) is 17.5 Å². The number of alkyl halides is 3. The number of rotatable bonds is 1. The first-order chi connectivity index (χ1) is 9.86. The Kier molecular flexibility index (Phi) is 3.12. The normalized spacial score (nSPS) is 12.0. The van der Waals surface area contributed by atoms with Crippen molar-refractivity contribution < 1.29 is 13.2 Å². The van der Waals surface area contributed by atoms with E-state index in [1.165, 1.54) is 6.07 Å². The van der Waals surface area contributed by atoms with Crippen LogP contribution in [0.4, 0.5) is 19.0 Å². The van der Waals surface area contributed by atoms with Crippen molar-refractivity contribution in [2.45, 2.75) is 6.18 Å². The van der Waals surface area contributed by atoms with Gasteiger partial charge >= 0.3 is 6.18 Å². The van der Waals surface area contributed by atoms with Crippen LogP contribution in [-0.4, -0.2) is 14.4 Å². The summed E-state index contributed by atoms with van der Waals surface area (Å²) in [5.41, 5.74) is 6.18. The molecule has 0 spiro atoms. The number of fused-ring (bicyclic) bond motifs is 1. The molecule has 3 rings (SSSR count). The van der Waals surface area contributed by atoms with E-state index in [1.54, 1.807) is 22.9 Å². The van der Waals surface area contributed by atoms with E-state index in [-0.39, 0.29) is 5.82 Å². The van der Waals surface area contributed by atoms with E-state index in [0.717, 1.165) is 12.1 Å². The second kappa shape index (κ2) is 4.73. The molecule has 2 aromatic heterocycles. The molecular weight excluding hydrogens is 349 g/mol. The Hall–Kier alpha value is -2.09. The van der Waals surface area contributed by atoms with Crippen LogP contribution in [0.3, 0.4) is 0 Å². The fourth-order valence-electron chi connectivity index (χ4n) is 1.98. The maximum absolute atomic E-state index is 12.8. The molecule has 0 unspecified atom stereocenters. The minimum atomic E-state index is -4.40. The van der Waals surface area contributed by atoms with E-state index >= 15 is 0 Å². The molecule has 2 heterocycles. The van der Waals surface area contributed by atoms with Crippen LogP contribution in [0, 0.1) is 0 Å². The molecule has 2 N–H and O–H groups in total. The van der Waals surface area contributed by atoms with Gasteiger partial charge in [0.2, 0.25) is 0 Å². The number of benzene rings is 1. The molecule has 0 aliphatic heterocycles. The molecule has 21 heavy (non-hydrogen) atoms. The second-order valence-electron chi connectivity index (χ2n) is 4.36. The van der Waals surface area contributed by atoms with Crippen LogP contribution in [0.1, 0.15) is 5.56 Å². The van der Waals surface area contributed by atoms with E-state index in [0.29, 0.717) is 21.5 Å². The molecule has 108 valence electrons. The van der Waals surface area contributed by atoms with E-state index < -0.39 is 11.7 Å². The first-order valence-electron chi connectivity index (χ1n) is 5.83. The van der Waals surface area contributed by atoms with Crippen LogP contribution in [0.15, 0.2) is 41.3 Å². The molecule has 0 amide bonds. The van der Waals surface area contributed by atoms with Gasteiger partial charge in [-0.15, -0.1) is 0 Å². The maximum atomic E-state index is 12.8. The summed E-state index contributed by atoms with van der Waals surface area (Å²) in [6, 6.07) is 4.94. The van der Waals surface area contributed by atoms with Gasteiger partial charge in [0.15, 0.2) is 11.5 Å². The molecule has 3 aromatic rings. The first-order valence-corrected chi connectivity index (χ1v) is 6.62. The van der Waals surface area contributed by atoms with Gasteiger partial charge in [-0.05, 0) is 28.1 Å². The second-order valence-corrected chi connectivity index (χ2v) is 5.18. The largest absolute Gasteiger partial charge is 0.416 e. The van der Waals surface area contributed by atoms with E-state index in [2.05, 4.69) is 25.9 Å². The molecule has 0 bridgehead atoms. The average Bonchev–Trinajstić information content (AvgIpc) is 2.80. The molecule has 0 saturated heterocycles. The third kappa shape index (κ3) is 2.46. The van der Waals surface area contributed by atoms with Crippen molar-refractivity contribution in [3.05, 3.63) is 46.8 Å². The molecular formula is C13H8BrF3N4. The zero-order chi connectivity index (χ0) is 15.2. The lowest BCUT2D eigenvalue weighted by Crippen LogP contribution is -2.05. The predicted octanol–water partition coefficient (Wildman–Crippen LogP) is 3.76. The summed E-state index contributed by atoms with van der Waals surface area (Å²) >= 11 is 3.29. The van der Waals surface area contributed by atoms with E-state index in [9.17, 15) is 13.2 Å². The quantitative estimate of drug-likeness (QED) is 0.722. The molecule has 0 aliphatic carbocycles. The summed E-state index contributed by atoms with van der Waals surface area (Å²) in [7, 11) is 0. The van der Waals surface area contributed by atoms with Crippen LogP contribution in [0.5, 0.6) is 0 Å². The molecule has 0 saturated carbocycles. The topological polar surface area (TPSA) is 56.2 Å². The van der Waals surface area contributed by atoms with Gasteiger partial charge in [0.25, 0.3) is 0 Å². The predicted molar refractivity (Wildman–Crippen MR) is 75.5 cm³/mol. The number of nitrogens with two attached hydrogens (primary N) is 1. The van der Waals surface area contributed by atoms with E-state index in [4.69, 9.17) is 5.73 Å². The van der Waals surface area contributed by atoms with Crippen molar-refractivity contribution in [2.24, 2.45) is 0 Å². The minimum absolute atomic E-state index is 0.149. The number of imidazole rings is 1. The smallest absolute Gasteiger partial charge is 0.381 e. The monoisotopic (exact) mass is 356 g/mol. The van der Waals surface area contributed by atoms with Gasteiger partial charge in [0.1, 0.15) is 4.60 Å². The summed E-state index contributed by atoms with van der Waals surface area (Å²) in [6.07, 6.45) is -1.28. The van der Waals surface area contributed by atoms with Crippen LogP contribution in [0.25, 0.3) is 16.9 Å². The molecule has 4 nitrogen and oxygen atoms in total. The Morgan fingerprint density at radius 3 is 2.71 bits per heavy atom. The zero-order valence-electron chi connectivity index (χ0n) is 10.4. The molecule has 1 aromatic carbocycles. The van der Waals surface area contributed by atoms with Gasteiger partial charge in [-0.25, -0.2) is 9.97 Å². The number of anilines is 1. The maximum Gasteiger partial charge on any atom is 0.416 e. The zero-order valence-corrected chi connectivity index (χ0v) is 12.0. The van der Waals surface area contributed by atoms with Crippen molar-refractivity contribution in [1.82, 2.24) is 14.4 Å². The standard InChI is InChI=1S/C13H8BrF3N4/c14-10-5-19-12-11(18)20-9(6-21(10)12)7-2-1-3-8(4-7)13(15,16)17/h1-6H,(H2,18,20). The van der Waals surface area contributed by atoms with Crippen molar-refractivity contribution in [2.75, 3.05) is 5.73 Å². The van der Waals surface area contributed by atoms with Gasteiger partial charge < -0.3 is 5.73 Å². The minimum Gasteiger partial charge on any atom is -0.381 e. The lowest BCUT2D eigenvalue weighted by Gasteiger charge is -2.09. The van der Waals surface area contributed by atoms with Crippen molar-refractivity contribution >= 4 is 27.4 Å². The summed E-state index contributed by atoms with van der Waals surface area (Å²) in [5.74, 6) is 0.149. The Labute approximate surface area is 125 Å².